The molecule has 1 aliphatic rings. The molecule has 0 amide bonds. The van der Waals surface area contributed by atoms with Crippen molar-refractivity contribution >= 4 is 0 Å². The topological polar surface area (TPSA) is 49.5 Å². The first-order valence-electron chi connectivity index (χ1n) is 5.55. The summed E-state index contributed by atoms with van der Waals surface area (Å²) >= 11 is 0. The molecule has 0 radical (unpaired) electrons. The van der Waals surface area contributed by atoms with Gasteiger partial charge in [0.15, 0.2) is 0 Å². The highest BCUT2D eigenvalue weighted by Gasteiger charge is 2.20. The molecule has 1 atom stereocenters. The quantitative estimate of drug-likeness (QED) is 0.814. The van der Waals surface area contributed by atoms with E-state index < -0.39 is 0 Å². The van der Waals surface area contributed by atoms with Gasteiger partial charge < -0.3 is 14.5 Å². The normalized spacial score (nSPS) is 23.2. The molecule has 4 nitrogen and oxygen atoms in total. The predicted molar refractivity (Wildman–Crippen MR) is 56.4 cm³/mol. The van der Waals surface area contributed by atoms with Crippen LogP contribution in [0.5, 0.6) is 0 Å². The SMILES string of the molecule is CN1CCCCC1Cc1cc(CO)no1. The van der Waals surface area contributed by atoms with Crippen LogP contribution in [0.1, 0.15) is 30.7 Å². The Balaban J connectivity index is 1.95. The molecule has 84 valence electrons. The van der Waals surface area contributed by atoms with Crippen LogP contribution in [-0.2, 0) is 13.0 Å². The summed E-state index contributed by atoms with van der Waals surface area (Å²) < 4.78 is 5.17. The van der Waals surface area contributed by atoms with E-state index in [1.54, 1.807) is 0 Å². The van der Waals surface area contributed by atoms with Crippen molar-refractivity contribution in [3.8, 4) is 0 Å². The van der Waals surface area contributed by atoms with Crippen LogP contribution in [-0.4, -0.2) is 34.8 Å². The first kappa shape index (κ1) is 10.6. The van der Waals surface area contributed by atoms with Gasteiger partial charge in [0.1, 0.15) is 11.5 Å². The number of aliphatic hydroxyl groups excluding tert-OH is 1. The molecular formula is C11H18N2O2. The zero-order valence-corrected chi connectivity index (χ0v) is 9.15. The molecule has 1 fully saturated rings. The number of rotatable bonds is 3. The minimum Gasteiger partial charge on any atom is -0.390 e. The lowest BCUT2D eigenvalue weighted by Crippen LogP contribution is -2.37. The largest absolute Gasteiger partial charge is 0.390 e. The van der Waals surface area contributed by atoms with Gasteiger partial charge >= 0.3 is 0 Å². The van der Waals surface area contributed by atoms with Gasteiger partial charge in [0.25, 0.3) is 0 Å². The van der Waals surface area contributed by atoms with Crippen molar-refractivity contribution in [1.29, 1.82) is 0 Å². The smallest absolute Gasteiger partial charge is 0.138 e. The van der Waals surface area contributed by atoms with Crippen LogP contribution in [0.2, 0.25) is 0 Å². The molecule has 0 aliphatic carbocycles. The highest BCUT2D eigenvalue weighted by molar-refractivity contribution is 5.06. The van der Waals surface area contributed by atoms with E-state index >= 15 is 0 Å². The van der Waals surface area contributed by atoms with Gasteiger partial charge in [0.05, 0.1) is 6.61 Å². The highest BCUT2D eigenvalue weighted by Crippen LogP contribution is 2.19. The second-order valence-corrected chi connectivity index (χ2v) is 4.28. The summed E-state index contributed by atoms with van der Waals surface area (Å²) in [4.78, 5) is 2.38. The maximum absolute atomic E-state index is 8.88. The predicted octanol–water partition coefficient (Wildman–Crippen LogP) is 1.19. The number of likely N-dealkylation sites (tertiary alicyclic amines) is 1. The molecule has 15 heavy (non-hydrogen) atoms. The summed E-state index contributed by atoms with van der Waals surface area (Å²) in [5.41, 5.74) is 0.628. The fraction of sp³-hybridized carbons (Fsp3) is 0.727. The van der Waals surface area contributed by atoms with Crippen LogP contribution in [0.25, 0.3) is 0 Å². The molecule has 1 aliphatic heterocycles. The molecular weight excluding hydrogens is 192 g/mol. The maximum atomic E-state index is 8.88. The fourth-order valence-electron chi connectivity index (χ4n) is 2.16. The van der Waals surface area contributed by atoms with Crippen molar-refractivity contribution < 1.29 is 9.63 Å². The molecule has 0 bridgehead atoms. The second kappa shape index (κ2) is 4.77. The number of aliphatic hydroxyl groups is 1. The first-order valence-corrected chi connectivity index (χ1v) is 5.55. The molecule has 1 saturated heterocycles. The maximum Gasteiger partial charge on any atom is 0.138 e. The number of aromatic nitrogens is 1. The van der Waals surface area contributed by atoms with Crippen LogP contribution < -0.4 is 0 Å². The Kier molecular flexibility index (Phi) is 3.38. The van der Waals surface area contributed by atoms with E-state index in [9.17, 15) is 0 Å². The summed E-state index contributed by atoms with van der Waals surface area (Å²) in [6.45, 7) is 1.13. The molecule has 2 rings (SSSR count). The van der Waals surface area contributed by atoms with Crippen molar-refractivity contribution in [3.05, 3.63) is 17.5 Å². The van der Waals surface area contributed by atoms with Crippen molar-refractivity contribution in [1.82, 2.24) is 10.1 Å². The lowest BCUT2D eigenvalue weighted by atomic mass is 9.99. The van der Waals surface area contributed by atoms with Crippen LogP contribution in [0, 0.1) is 0 Å². The zero-order valence-electron chi connectivity index (χ0n) is 9.15. The molecule has 1 unspecified atom stereocenters. The molecule has 0 aromatic carbocycles. The Morgan fingerprint density at radius 2 is 2.47 bits per heavy atom. The summed E-state index contributed by atoms with van der Waals surface area (Å²) in [5.74, 6) is 0.887. The second-order valence-electron chi connectivity index (χ2n) is 4.28. The number of piperidine rings is 1. The molecule has 2 heterocycles. The molecule has 4 heteroatoms. The third kappa shape index (κ3) is 2.58. The number of hydrogen-bond acceptors (Lipinski definition) is 4. The Labute approximate surface area is 89.9 Å². The van der Waals surface area contributed by atoms with Crippen LogP contribution in [0.3, 0.4) is 0 Å². The van der Waals surface area contributed by atoms with Crippen molar-refractivity contribution in [2.24, 2.45) is 0 Å². The lowest BCUT2D eigenvalue weighted by Gasteiger charge is -2.31. The number of likely N-dealkylation sites (N-methyl/N-ethyl adjacent to an activating group) is 1. The minimum absolute atomic E-state index is 0.0377. The van der Waals surface area contributed by atoms with E-state index in [-0.39, 0.29) is 6.61 Å². The summed E-state index contributed by atoms with van der Waals surface area (Å²) in [6, 6.07) is 2.42. The first-order chi connectivity index (χ1) is 7.29. The summed E-state index contributed by atoms with van der Waals surface area (Å²) in [6.07, 6.45) is 4.73. The number of hydrogen-bond donors (Lipinski definition) is 1. The Morgan fingerprint density at radius 3 is 3.13 bits per heavy atom. The monoisotopic (exact) mass is 210 g/mol. The Bertz CT molecular complexity index is 311. The van der Waals surface area contributed by atoms with Crippen molar-refractivity contribution in [2.75, 3.05) is 13.6 Å². The third-order valence-electron chi connectivity index (χ3n) is 3.13. The van der Waals surface area contributed by atoms with E-state index in [4.69, 9.17) is 9.63 Å². The zero-order chi connectivity index (χ0) is 10.7. The van der Waals surface area contributed by atoms with Gasteiger partial charge in [-0.25, -0.2) is 0 Å². The van der Waals surface area contributed by atoms with E-state index in [1.807, 2.05) is 6.07 Å². The summed E-state index contributed by atoms with van der Waals surface area (Å²) in [7, 11) is 2.16. The number of nitrogens with zero attached hydrogens (tertiary/aromatic N) is 2. The standard InChI is InChI=1S/C11H18N2O2/c1-13-5-3-2-4-10(13)7-11-6-9(8-14)12-15-11/h6,10,14H,2-5,7-8H2,1H3. The average molecular weight is 210 g/mol. The van der Waals surface area contributed by atoms with E-state index in [1.165, 1.54) is 25.8 Å². The molecule has 1 aromatic heterocycles. The van der Waals surface area contributed by atoms with Gasteiger partial charge in [-0.15, -0.1) is 0 Å². The van der Waals surface area contributed by atoms with E-state index in [0.717, 1.165) is 12.2 Å². The molecule has 0 spiro atoms. The Hall–Kier alpha value is -0.870. The van der Waals surface area contributed by atoms with Gasteiger partial charge in [-0.1, -0.05) is 11.6 Å². The fourth-order valence-corrected chi connectivity index (χ4v) is 2.16. The van der Waals surface area contributed by atoms with Gasteiger partial charge in [0, 0.05) is 18.5 Å². The molecule has 0 saturated carbocycles. The van der Waals surface area contributed by atoms with Gasteiger partial charge in [0.2, 0.25) is 0 Å². The lowest BCUT2D eigenvalue weighted by molar-refractivity contribution is 0.175. The average Bonchev–Trinajstić information content (AvgIpc) is 2.69. The van der Waals surface area contributed by atoms with Crippen molar-refractivity contribution in [3.63, 3.8) is 0 Å². The molecule has 1 N–H and O–H groups in total. The van der Waals surface area contributed by atoms with E-state index in [0.29, 0.717) is 11.7 Å². The highest BCUT2D eigenvalue weighted by atomic mass is 16.5. The summed E-state index contributed by atoms with van der Waals surface area (Å²) in [5, 5.41) is 12.7. The minimum atomic E-state index is -0.0377. The van der Waals surface area contributed by atoms with Crippen LogP contribution in [0.4, 0.5) is 0 Å². The van der Waals surface area contributed by atoms with Gasteiger partial charge in [-0.2, -0.15) is 0 Å². The van der Waals surface area contributed by atoms with Crippen LogP contribution in [0.15, 0.2) is 10.6 Å². The van der Waals surface area contributed by atoms with Crippen LogP contribution >= 0.6 is 0 Å². The third-order valence-corrected chi connectivity index (χ3v) is 3.13. The van der Waals surface area contributed by atoms with Gasteiger partial charge in [-0.3, -0.25) is 0 Å². The van der Waals surface area contributed by atoms with Crippen molar-refractivity contribution in [2.45, 2.75) is 38.3 Å². The molecule has 1 aromatic rings. The van der Waals surface area contributed by atoms with Gasteiger partial charge in [-0.05, 0) is 26.4 Å². The Morgan fingerprint density at radius 1 is 1.60 bits per heavy atom. The van der Waals surface area contributed by atoms with E-state index in [2.05, 4.69) is 17.1 Å².